The predicted molar refractivity (Wildman–Crippen MR) is 113 cm³/mol. The van der Waals surface area contributed by atoms with Gasteiger partial charge in [-0.25, -0.2) is 12.8 Å². The lowest BCUT2D eigenvalue weighted by molar-refractivity contribution is -0.127. The maximum absolute atomic E-state index is 13.1. The van der Waals surface area contributed by atoms with Crippen molar-refractivity contribution < 1.29 is 27.2 Å². The van der Waals surface area contributed by atoms with Crippen LogP contribution in [0.3, 0.4) is 0 Å². The van der Waals surface area contributed by atoms with Gasteiger partial charge in [-0.15, -0.1) is 0 Å². The van der Waals surface area contributed by atoms with Crippen molar-refractivity contribution >= 4 is 38.8 Å². The summed E-state index contributed by atoms with van der Waals surface area (Å²) in [6, 6.07) is 4.24. The molecule has 1 unspecified atom stereocenters. The molecule has 31 heavy (non-hydrogen) atoms. The maximum Gasteiger partial charge on any atom is 0.288 e. The first-order valence-corrected chi connectivity index (χ1v) is 12.4. The van der Waals surface area contributed by atoms with Crippen LogP contribution in [-0.4, -0.2) is 90.6 Å². The second kappa shape index (κ2) is 10.1. The van der Waals surface area contributed by atoms with E-state index in [2.05, 4.69) is 5.32 Å². The number of carbonyl (C=O) groups excluding carboxylic acids is 3. The second-order valence-electron chi connectivity index (χ2n) is 7.31. The molecule has 2 saturated heterocycles. The molecule has 1 aromatic rings. The van der Waals surface area contributed by atoms with E-state index in [0.717, 1.165) is 28.8 Å². The van der Waals surface area contributed by atoms with E-state index in [1.165, 1.54) is 16.4 Å². The summed E-state index contributed by atoms with van der Waals surface area (Å²) in [5.74, 6) is -0.874. The second-order valence-corrected chi connectivity index (χ2v) is 10.2. The number of hydrogen-bond acceptors (Lipinski definition) is 7. The minimum absolute atomic E-state index is 0.0392. The molecule has 1 N–H and O–H groups in total. The Hall–Kier alpha value is -2.02. The summed E-state index contributed by atoms with van der Waals surface area (Å²) in [6.07, 6.45) is 0.548. The number of benzene rings is 1. The Morgan fingerprint density at radius 2 is 1.87 bits per heavy atom. The molecule has 2 fully saturated rings. The summed E-state index contributed by atoms with van der Waals surface area (Å²) in [4.78, 5) is 38.8. The van der Waals surface area contributed by atoms with Gasteiger partial charge in [0.1, 0.15) is 5.82 Å². The highest BCUT2D eigenvalue weighted by Gasteiger charge is 2.31. The minimum atomic E-state index is -3.74. The summed E-state index contributed by atoms with van der Waals surface area (Å²) >= 11 is 0.949. The largest absolute Gasteiger partial charge is 0.353 e. The smallest absolute Gasteiger partial charge is 0.288 e. The van der Waals surface area contributed by atoms with Crippen LogP contribution in [0.15, 0.2) is 29.2 Å². The summed E-state index contributed by atoms with van der Waals surface area (Å²) in [6.45, 7) is 3.47. The van der Waals surface area contributed by atoms with E-state index in [0.29, 0.717) is 26.1 Å². The molecular weight excluding hydrogens is 447 g/mol. The van der Waals surface area contributed by atoms with Gasteiger partial charge in [0.2, 0.25) is 21.8 Å². The van der Waals surface area contributed by atoms with E-state index >= 15 is 0 Å². The molecule has 2 aliphatic heterocycles. The minimum Gasteiger partial charge on any atom is -0.353 e. The SMILES string of the molecule is CC(C(=O)NCCN1C(=O)CSC1=O)N1CCCN(S(=O)(=O)c2ccc(F)cc2)CC1. The molecule has 3 rings (SSSR count). The molecule has 0 aliphatic carbocycles. The molecular formula is C19H25FN4O5S2. The Morgan fingerprint density at radius 1 is 1.16 bits per heavy atom. The van der Waals surface area contributed by atoms with Crippen LogP contribution in [0.4, 0.5) is 9.18 Å². The lowest BCUT2D eigenvalue weighted by atomic mass is 10.2. The van der Waals surface area contributed by atoms with Gasteiger partial charge in [-0.1, -0.05) is 11.8 Å². The molecule has 2 heterocycles. The number of halogens is 1. The van der Waals surface area contributed by atoms with Crippen molar-refractivity contribution in [2.75, 3.05) is 45.0 Å². The normalized spacial score (nSPS) is 20.0. The van der Waals surface area contributed by atoms with Gasteiger partial charge in [-0.05, 0) is 37.6 Å². The molecule has 3 amide bonds. The van der Waals surface area contributed by atoms with Crippen molar-refractivity contribution in [2.45, 2.75) is 24.3 Å². The summed E-state index contributed by atoms with van der Waals surface area (Å²) in [7, 11) is -3.74. The highest BCUT2D eigenvalue weighted by atomic mass is 32.2. The topological polar surface area (TPSA) is 107 Å². The van der Waals surface area contributed by atoms with Crippen molar-refractivity contribution in [3.63, 3.8) is 0 Å². The van der Waals surface area contributed by atoms with Gasteiger partial charge < -0.3 is 5.32 Å². The van der Waals surface area contributed by atoms with Crippen LogP contribution in [0.25, 0.3) is 0 Å². The fourth-order valence-corrected chi connectivity index (χ4v) is 5.72. The van der Waals surface area contributed by atoms with E-state index in [1.807, 2.05) is 4.90 Å². The number of thioether (sulfide) groups is 1. The van der Waals surface area contributed by atoms with Gasteiger partial charge in [-0.3, -0.25) is 24.2 Å². The molecule has 9 nitrogen and oxygen atoms in total. The molecule has 1 aromatic carbocycles. The zero-order chi connectivity index (χ0) is 22.6. The van der Waals surface area contributed by atoms with Crippen molar-refractivity contribution in [1.82, 2.24) is 19.4 Å². The van der Waals surface area contributed by atoms with E-state index in [-0.39, 0.29) is 47.3 Å². The van der Waals surface area contributed by atoms with Gasteiger partial charge in [-0.2, -0.15) is 4.31 Å². The average Bonchev–Trinajstić information content (AvgIpc) is 2.94. The summed E-state index contributed by atoms with van der Waals surface area (Å²) in [5, 5.41) is 2.43. The van der Waals surface area contributed by atoms with Crippen LogP contribution in [-0.2, 0) is 19.6 Å². The van der Waals surface area contributed by atoms with Crippen LogP contribution >= 0.6 is 11.8 Å². The first kappa shape index (κ1) is 23.6. The molecule has 12 heteroatoms. The molecule has 0 aromatic heterocycles. The first-order chi connectivity index (χ1) is 14.7. The molecule has 0 bridgehead atoms. The predicted octanol–water partition coefficient (Wildman–Crippen LogP) is 0.722. The van der Waals surface area contributed by atoms with Gasteiger partial charge in [0.25, 0.3) is 5.24 Å². The van der Waals surface area contributed by atoms with Crippen LogP contribution < -0.4 is 5.32 Å². The maximum atomic E-state index is 13.1. The zero-order valence-corrected chi connectivity index (χ0v) is 18.8. The van der Waals surface area contributed by atoms with E-state index in [1.54, 1.807) is 6.92 Å². The number of hydrogen-bond donors (Lipinski definition) is 1. The van der Waals surface area contributed by atoms with Crippen molar-refractivity contribution in [1.29, 1.82) is 0 Å². The third-order valence-corrected chi connectivity index (χ3v) is 8.11. The summed E-state index contributed by atoms with van der Waals surface area (Å²) in [5.41, 5.74) is 0. The van der Waals surface area contributed by atoms with Crippen molar-refractivity contribution in [3.05, 3.63) is 30.1 Å². The third kappa shape index (κ3) is 5.62. The fourth-order valence-electron chi connectivity index (χ4n) is 3.50. The third-order valence-electron chi connectivity index (χ3n) is 5.34. The molecule has 2 aliphatic rings. The van der Waals surface area contributed by atoms with Gasteiger partial charge in [0.15, 0.2) is 0 Å². The monoisotopic (exact) mass is 472 g/mol. The van der Waals surface area contributed by atoms with E-state index < -0.39 is 21.9 Å². The highest BCUT2D eigenvalue weighted by Crippen LogP contribution is 2.19. The van der Waals surface area contributed by atoms with Gasteiger partial charge in [0, 0.05) is 39.3 Å². The van der Waals surface area contributed by atoms with Crippen molar-refractivity contribution in [2.24, 2.45) is 0 Å². The quantitative estimate of drug-likeness (QED) is 0.623. The van der Waals surface area contributed by atoms with E-state index in [9.17, 15) is 27.2 Å². The Balaban J connectivity index is 1.52. The summed E-state index contributed by atoms with van der Waals surface area (Å²) < 4.78 is 40.1. The Labute approximate surface area is 185 Å². The van der Waals surface area contributed by atoms with Crippen LogP contribution in [0.1, 0.15) is 13.3 Å². The number of nitrogens with one attached hydrogen (secondary N) is 1. The van der Waals surface area contributed by atoms with Crippen LogP contribution in [0, 0.1) is 5.82 Å². The van der Waals surface area contributed by atoms with E-state index in [4.69, 9.17) is 0 Å². The molecule has 170 valence electrons. The molecule has 0 radical (unpaired) electrons. The first-order valence-electron chi connectivity index (χ1n) is 9.95. The number of nitrogens with zero attached hydrogens (tertiary/aromatic N) is 3. The molecule has 0 spiro atoms. The average molecular weight is 473 g/mol. The Bertz CT molecular complexity index is 925. The van der Waals surface area contributed by atoms with Gasteiger partial charge in [0.05, 0.1) is 16.7 Å². The number of carbonyl (C=O) groups is 3. The standard InChI is InChI=1S/C19H25FN4O5S2/c1-14(18(26)21-7-10-24-17(25)13-30-19(24)27)22-8-2-9-23(12-11-22)31(28,29)16-5-3-15(20)4-6-16/h3-6,14H,2,7-13H2,1H3,(H,21,26). The number of imide groups is 1. The van der Waals surface area contributed by atoms with Gasteiger partial charge >= 0.3 is 0 Å². The van der Waals surface area contributed by atoms with Crippen molar-refractivity contribution in [3.8, 4) is 0 Å². The lowest BCUT2D eigenvalue weighted by Crippen LogP contribution is -2.48. The van der Waals surface area contributed by atoms with Crippen LogP contribution in [0.2, 0.25) is 0 Å². The number of amides is 3. The van der Waals surface area contributed by atoms with Crippen LogP contribution in [0.5, 0.6) is 0 Å². The Kier molecular flexibility index (Phi) is 7.68. The lowest BCUT2D eigenvalue weighted by Gasteiger charge is -2.27. The zero-order valence-electron chi connectivity index (χ0n) is 17.1. The highest BCUT2D eigenvalue weighted by molar-refractivity contribution is 8.14. The Morgan fingerprint density at radius 3 is 2.52 bits per heavy atom. The fraction of sp³-hybridized carbons (Fsp3) is 0.526. The molecule has 0 saturated carbocycles. The number of rotatable bonds is 7. The molecule has 1 atom stereocenters. The number of sulfonamides is 1.